The molecule has 10 heteroatoms. The molecule has 2 aromatic rings. The number of carbonyl (C=O) groups excluding carboxylic acids is 1. The summed E-state index contributed by atoms with van der Waals surface area (Å²) < 4.78 is -1.78. The van der Waals surface area contributed by atoms with Crippen LogP contribution in [0.1, 0.15) is 5.56 Å². The Hall–Kier alpha value is -0.790. The van der Waals surface area contributed by atoms with Crippen LogP contribution in [-0.4, -0.2) is 31.9 Å². The van der Waals surface area contributed by atoms with Crippen LogP contribution in [0.2, 0.25) is 0 Å². The number of halogens is 4. The van der Waals surface area contributed by atoms with Gasteiger partial charge in [0, 0.05) is 5.56 Å². The van der Waals surface area contributed by atoms with Crippen LogP contribution >= 0.6 is 57.7 Å². The first kappa shape index (κ1) is 18.5. The van der Waals surface area contributed by atoms with Crippen LogP contribution in [0.3, 0.4) is 0 Å². The topological polar surface area (TPSA) is 66.9 Å². The summed E-state index contributed by atoms with van der Waals surface area (Å²) in [7, 11) is 0. The van der Waals surface area contributed by atoms with Gasteiger partial charge < -0.3 is 10.6 Å². The van der Waals surface area contributed by atoms with Crippen LogP contribution in [0.4, 0.5) is 5.13 Å². The highest BCUT2D eigenvalue weighted by Crippen LogP contribution is 2.33. The number of aryl methyl sites for hydroxylation is 1. The van der Waals surface area contributed by atoms with Crippen LogP contribution in [0.25, 0.3) is 10.6 Å². The summed E-state index contributed by atoms with van der Waals surface area (Å²) in [5.74, 6) is -0.720. The third-order valence-corrected chi connectivity index (χ3v) is 4.55. The van der Waals surface area contributed by atoms with E-state index in [9.17, 15) is 4.79 Å². The number of alkyl halides is 4. The van der Waals surface area contributed by atoms with Crippen LogP contribution in [0.15, 0.2) is 24.3 Å². The Morgan fingerprint density at radius 3 is 2.48 bits per heavy atom. The molecule has 1 aromatic heterocycles. The minimum absolute atomic E-state index is 0.246. The first-order chi connectivity index (χ1) is 10.8. The number of nitrogens with one attached hydrogen (secondary N) is 2. The van der Waals surface area contributed by atoms with Crippen molar-refractivity contribution < 1.29 is 4.79 Å². The molecule has 1 heterocycles. The minimum Gasteiger partial charge on any atom is -0.336 e. The Kier molecular flexibility index (Phi) is 6.33. The second-order valence-corrected chi connectivity index (χ2v) is 8.21. The molecule has 0 bridgehead atoms. The van der Waals surface area contributed by atoms with Crippen molar-refractivity contribution in [2.75, 3.05) is 11.2 Å². The third-order valence-electron chi connectivity index (χ3n) is 2.75. The van der Waals surface area contributed by atoms with Crippen LogP contribution in [-0.2, 0) is 4.79 Å². The molecule has 2 rings (SSSR count). The first-order valence-corrected chi connectivity index (χ1v) is 8.87. The lowest BCUT2D eigenvalue weighted by atomic mass is 10.2. The molecule has 0 saturated carbocycles. The van der Waals surface area contributed by atoms with E-state index in [-0.39, 0.29) is 5.88 Å². The Bertz CT molecular complexity index is 671. The predicted molar refractivity (Wildman–Crippen MR) is 96.6 cm³/mol. The second-order valence-electron chi connectivity index (χ2n) is 4.60. The van der Waals surface area contributed by atoms with Crippen molar-refractivity contribution in [1.29, 1.82) is 0 Å². The van der Waals surface area contributed by atoms with Crippen LogP contribution in [0, 0.1) is 6.92 Å². The molecule has 0 aliphatic rings. The summed E-state index contributed by atoms with van der Waals surface area (Å²) in [6.45, 7) is 2.00. The summed E-state index contributed by atoms with van der Waals surface area (Å²) in [6, 6.07) is 7.85. The fourth-order valence-corrected chi connectivity index (χ4v) is 2.80. The van der Waals surface area contributed by atoms with Crippen molar-refractivity contribution in [2.45, 2.75) is 16.9 Å². The molecule has 2 N–H and O–H groups in total. The van der Waals surface area contributed by atoms with Gasteiger partial charge in [0.15, 0.2) is 0 Å². The van der Waals surface area contributed by atoms with Gasteiger partial charge in [0.2, 0.25) is 14.8 Å². The number of anilines is 1. The lowest BCUT2D eigenvalue weighted by Gasteiger charge is -2.25. The molecular weight excluding hydrogens is 402 g/mol. The zero-order valence-electron chi connectivity index (χ0n) is 11.8. The molecule has 124 valence electrons. The predicted octanol–water partition coefficient (Wildman–Crippen LogP) is 3.98. The summed E-state index contributed by atoms with van der Waals surface area (Å²) in [4.78, 5) is 11.4. The fourth-order valence-electron chi connectivity index (χ4n) is 1.62. The van der Waals surface area contributed by atoms with Gasteiger partial charge in [0.1, 0.15) is 17.1 Å². The molecule has 0 aliphatic heterocycles. The van der Waals surface area contributed by atoms with Crippen LogP contribution in [0.5, 0.6) is 0 Å². The Morgan fingerprint density at radius 2 is 1.91 bits per heavy atom. The van der Waals surface area contributed by atoms with Gasteiger partial charge in [0.05, 0.1) is 0 Å². The van der Waals surface area contributed by atoms with E-state index in [1.807, 2.05) is 31.2 Å². The molecule has 0 saturated heterocycles. The SMILES string of the molecule is Cc1ccc(-c2nnc(NC(NC(=O)CCl)C(Cl)(Cl)Cl)s2)cc1. The van der Waals surface area contributed by atoms with E-state index in [1.54, 1.807) is 0 Å². The number of benzene rings is 1. The van der Waals surface area contributed by atoms with E-state index in [0.29, 0.717) is 10.1 Å². The van der Waals surface area contributed by atoms with E-state index >= 15 is 0 Å². The first-order valence-electron chi connectivity index (χ1n) is 6.38. The minimum atomic E-state index is -1.78. The number of amides is 1. The Balaban J connectivity index is 2.15. The van der Waals surface area contributed by atoms with E-state index in [0.717, 1.165) is 11.1 Å². The Labute approximate surface area is 157 Å². The number of aromatic nitrogens is 2. The number of carbonyl (C=O) groups is 1. The van der Waals surface area contributed by atoms with Crippen molar-refractivity contribution in [3.63, 3.8) is 0 Å². The average molecular weight is 414 g/mol. The van der Waals surface area contributed by atoms with E-state index in [4.69, 9.17) is 46.4 Å². The molecular formula is C13H12Cl4N4OS. The van der Waals surface area contributed by atoms with Crippen molar-refractivity contribution in [1.82, 2.24) is 15.5 Å². The third kappa shape index (κ3) is 5.36. The zero-order chi connectivity index (χ0) is 17.0. The monoisotopic (exact) mass is 412 g/mol. The van der Waals surface area contributed by atoms with Gasteiger partial charge in [-0.05, 0) is 6.92 Å². The van der Waals surface area contributed by atoms with Crippen molar-refractivity contribution in [2.24, 2.45) is 0 Å². The maximum atomic E-state index is 11.4. The maximum absolute atomic E-state index is 11.4. The fraction of sp³-hybridized carbons (Fsp3) is 0.308. The molecule has 1 amide bonds. The summed E-state index contributed by atoms with van der Waals surface area (Å²) in [5.41, 5.74) is 2.08. The summed E-state index contributed by atoms with van der Waals surface area (Å²) in [6.07, 6.45) is -0.988. The largest absolute Gasteiger partial charge is 0.336 e. The van der Waals surface area contributed by atoms with Gasteiger partial charge in [0.25, 0.3) is 0 Å². The smallest absolute Gasteiger partial charge is 0.236 e. The van der Waals surface area contributed by atoms with Gasteiger partial charge >= 0.3 is 0 Å². The van der Waals surface area contributed by atoms with E-state index in [2.05, 4.69) is 20.8 Å². The number of nitrogens with zero attached hydrogens (tertiary/aromatic N) is 2. The number of hydrogen-bond acceptors (Lipinski definition) is 5. The van der Waals surface area contributed by atoms with Crippen LogP contribution < -0.4 is 10.6 Å². The lowest BCUT2D eigenvalue weighted by molar-refractivity contribution is -0.119. The highest BCUT2D eigenvalue weighted by molar-refractivity contribution is 7.18. The quantitative estimate of drug-likeness (QED) is 0.574. The standard InChI is InChI=1S/C13H12Cl4N4OS/c1-7-2-4-8(5-3-7)10-20-21-12(23-10)19-11(13(15,16)17)18-9(22)6-14/h2-5,11H,6H2,1H3,(H,18,22)(H,19,21). The molecule has 1 atom stereocenters. The van der Waals surface area contributed by atoms with Gasteiger partial charge in [-0.15, -0.1) is 21.8 Å². The maximum Gasteiger partial charge on any atom is 0.236 e. The molecule has 23 heavy (non-hydrogen) atoms. The van der Waals surface area contributed by atoms with Gasteiger partial charge in [-0.1, -0.05) is 76.0 Å². The lowest BCUT2D eigenvalue weighted by Crippen LogP contribution is -2.49. The molecule has 1 unspecified atom stereocenters. The van der Waals surface area contributed by atoms with Crippen molar-refractivity contribution in [3.05, 3.63) is 29.8 Å². The van der Waals surface area contributed by atoms with E-state index in [1.165, 1.54) is 11.3 Å². The molecule has 5 nitrogen and oxygen atoms in total. The van der Waals surface area contributed by atoms with Crippen molar-refractivity contribution in [3.8, 4) is 10.6 Å². The highest BCUT2D eigenvalue weighted by Gasteiger charge is 2.34. The molecule has 0 aliphatic carbocycles. The number of hydrogen-bond donors (Lipinski definition) is 2. The second kappa shape index (κ2) is 7.85. The van der Waals surface area contributed by atoms with Gasteiger partial charge in [-0.25, -0.2) is 0 Å². The molecule has 1 aromatic carbocycles. The van der Waals surface area contributed by atoms with Crippen molar-refractivity contribution >= 4 is 68.8 Å². The average Bonchev–Trinajstić information content (AvgIpc) is 2.95. The normalized spacial score (nSPS) is 12.7. The zero-order valence-corrected chi connectivity index (χ0v) is 15.7. The summed E-state index contributed by atoms with van der Waals surface area (Å²) in [5, 5.41) is 14.5. The van der Waals surface area contributed by atoms with E-state index < -0.39 is 15.9 Å². The summed E-state index contributed by atoms with van der Waals surface area (Å²) >= 11 is 24.3. The number of rotatable bonds is 5. The molecule has 0 radical (unpaired) electrons. The molecule has 0 spiro atoms. The Morgan fingerprint density at radius 1 is 1.26 bits per heavy atom. The highest BCUT2D eigenvalue weighted by atomic mass is 35.6. The van der Waals surface area contributed by atoms with Gasteiger partial charge in [-0.3, -0.25) is 4.79 Å². The van der Waals surface area contributed by atoms with Gasteiger partial charge in [-0.2, -0.15) is 0 Å². The molecule has 0 fully saturated rings.